The first-order valence-corrected chi connectivity index (χ1v) is 11.6. The molecule has 5 rings (SSSR count). The fourth-order valence-corrected chi connectivity index (χ4v) is 4.70. The Balaban J connectivity index is 1.67. The van der Waals surface area contributed by atoms with E-state index in [0.29, 0.717) is 57.5 Å². The van der Waals surface area contributed by atoms with E-state index >= 15 is 0 Å². The number of rotatable bonds is 7. The number of benzene rings is 4. The van der Waals surface area contributed by atoms with Gasteiger partial charge in [-0.2, -0.15) is 0 Å². The Bertz CT molecular complexity index is 1660. The first-order chi connectivity index (χ1) is 17.9. The average Bonchev–Trinajstić information content (AvgIpc) is 2.88. The molecule has 0 saturated heterocycles. The van der Waals surface area contributed by atoms with Crippen LogP contribution in [0.3, 0.4) is 0 Å². The summed E-state index contributed by atoms with van der Waals surface area (Å²) in [6.45, 7) is 0.896. The van der Waals surface area contributed by atoms with Gasteiger partial charge < -0.3 is 19.7 Å². The number of carbonyl (C=O) groups is 1. The van der Waals surface area contributed by atoms with Crippen LogP contribution in [0.15, 0.2) is 88.1 Å². The van der Waals surface area contributed by atoms with Crippen molar-refractivity contribution in [2.24, 2.45) is 0 Å². The van der Waals surface area contributed by atoms with Crippen molar-refractivity contribution < 1.29 is 24.4 Å². The normalized spacial score (nSPS) is 11.3. The monoisotopic (exact) mass is 492 g/mol. The van der Waals surface area contributed by atoms with Crippen molar-refractivity contribution in [1.29, 1.82) is 0 Å². The molecule has 3 N–H and O–H groups in total. The molecule has 7 nitrogen and oxygen atoms in total. The molecular weight excluding hydrogens is 469 g/mol. The molecule has 8 heteroatoms. The number of nitrogens with zero attached hydrogens (tertiary/aromatic N) is 1. The molecule has 1 aliphatic heterocycles. The summed E-state index contributed by atoms with van der Waals surface area (Å²) in [6.07, 6.45) is 0. The van der Waals surface area contributed by atoms with Gasteiger partial charge in [-0.1, -0.05) is 42.5 Å². The Hall–Kier alpha value is -4.40. The third-order valence-electron chi connectivity index (χ3n) is 6.39. The summed E-state index contributed by atoms with van der Waals surface area (Å²) >= 11 is 0. The fourth-order valence-electron chi connectivity index (χ4n) is 4.70. The SMILES string of the molecule is CN(Cc1cc2c(-c3ccccc3C(=O)O)c3ccc(=O)cc-3oc2cc1O)Cc1ccccc1[B]O. The van der Waals surface area contributed by atoms with Gasteiger partial charge >= 0.3 is 13.5 Å². The van der Waals surface area contributed by atoms with Crippen molar-refractivity contribution in [3.05, 3.63) is 106 Å². The van der Waals surface area contributed by atoms with E-state index in [4.69, 9.17) is 4.42 Å². The number of hydrogen-bond acceptors (Lipinski definition) is 6. The molecule has 0 atom stereocenters. The third kappa shape index (κ3) is 4.72. The summed E-state index contributed by atoms with van der Waals surface area (Å²) in [7, 11) is 2.97. The second-order valence-corrected chi connectivity index (χ2v) is 8.96. The lowest BCUT2D eigenvalue weighted by Gasteiger charge is -2.21. The molecule has 2 aliphatic rings. The minimum Gasteiger partial charge on any atom is -0.507 e. The smallest absolute Gasteiger partial charge is 0.336 e. The van der Waals surface area contributed by atoms with E-state index in [1.807, 2.05) is 36.2 Å². The predicted octanol–water partition coefficient (Wildman–Crippen LogP) is 3.84. The van der Waals surface area contributed by atoms with E-state index in [9.17, 15) is 24.8 Å². The van der Waals surface area contributed by atoms with Gasteiger partial charge in [0.05, 0.1) is 5.56 Å². The molecule has 3 aromatic carbocycles. The van der Waals surface area contributed by atoms with Crippen LogP contribution < -0.4 is 10.9 Å². The summed E-state index contributed by atoms with van der Waals surface area (Å²) in [4.78, 5) is 26.1. The highest BCUT2D eigenvalue weighted by Crippen LogP contribution is 2.42. The van der Waals surface area contributed by atoms with Crippen LogP contribution in [0.5, 0.6) is 5.75 Å². The molecule has 0 spiro atoms. The van der Waals surface area contributed by atoms with E-state index in [2.05, 4.69) is 0 Å². The van der Waals surface area contributed by atoms with Gasteiger partial charge in [-0.3, -0.25) is 9.69 Å². The molecule has 183 valence electrons. The molecule has 3 aromatic rings. The Morgan fingerprint density at radius 3 is 2.43 bits per heavy atom. The van der Waals surface area contributed by atoms with Crippen molar-refractivity contribution in [1.82, 2.24) is 4.90 Å². The van der Waals surface area contributed by atoms with Gasteiger partial charge in [0.15, 0.2) is 5.43 Å². The molecule has 0 aromatic heterocycles. The fraction of sp³-hybridized carbons (Fsp3) is 0.103. The Morgan fingerprint density at radius 1 is 0.919 bits per heavy atom. The summed E-state index contributed by atoms with van der Waals surface area (Å²) in [5, 5.41) is 30.9. The predicted molar refractivity (Wildman–Crippen MR) is 142 cm³/mol. The van der Waals surface area contributed by atoms with E-state index in [0.717, 1.165) is 13.0 Å². The number of phenolic OH excluding ortho intramolecular Hbond substituents is 1. The molecular formula is C29H23BNO6. The largest absolute Gasteiger partial charge is 0.507 e. The lowest BCUT2D eigenvalue weighted by Crippen LogP contribution is -2.25. The number of carboxylic acids is 1. The first kappa shape index (κ1) is 24.3. The van der Waals surface area contributed by atoms with E-state index in [-0.39, 0.29) is 16.7 Å². The second-order valence-electron chi connectivity index (χ2n) is 8.96. The van der Waals surface area contributed by atoms with E-state index < -0.39 is 5.97 Å². The first-order valence-electron chi connectivity index (χ1n) is 11.6. The molecule has 0 bridgehead atoms. The maximum Gasteiger partial charge on any atom is 0.336 e. The Labute approximate surface area is 213 Å². The lowest BCUT2D eigenvalue weighted by atomic mass is 9.84. The maximum absolute atomic E-state index is 12.1. The lowest BCUT2D eigenvalue weighted by molar-refractivity contribution is 0.0697. The zero-order valence-electron chi connectivity index (χ0n) is 20.0. The number of hydrogen-bond donors (Lipinski definition) is 3. The highest BCUT2D eigenvalue weighted by Gasteiger charge is 2.23. The highest BCUT2D eigenvalue weighted by molar-refractivity contribution is 6.46. The van der Waals surface area contributed by atoms with Crippen molar-refractivity contribution in [2.75, 3.05) is 7.05 Å². The van der Waals surface area contributed by atoms with Crippen molar-refractivity contribution in [2.45, 2.75) is 13.1 Å². The number of phenols is 1. The van der Waals surface area contributed by atoms with Crippen molar-refractivity contribution in [3.63, 3.8) is 0 Å². The molecule has 1 heterocycles. The number of aromatic hydroxyl groups is 1. The molecule has 0 unspecified atom stereocenters. The summed E-state index contributed by atoms with van der Waals surface area (Å²) in [6, 6.07) is 21.9. The molecule has 37 heavy (non-hydrogen) atoms. The molecule has 1 radical (unpaired) electrons. The second kappa shape index (κ2) is 9.93. The van der Waals surface area contributed by atoms with Crippen LogP contribution in [0.25, 0.3) is 33.4 Å². The topological polar surface area (TPSA) is 111 Å². The van der Waals surface area contributed by atoms with Crippen molar-refractivity contribution >= 4 is 29.9 Å². The molecule has 0 fully saturated rings. The van der Waals surface area contributed by atoms with Gasteiger partial charge in [0.2, 0.25) is 0 Å². The van der Waals surface area contributed by atoms with Gasteiger partial charge in [-0.15, -0.1) is 0 Å². The Kier molecular flexibility index (Phi) is 6.52. The Morgan fingerprint density at radius 2 is 1.65 bits per heavy atom. The van der Waals surface area contributed by atoms with Crippen LogP contribution in [0, 0.1) is 0 Å². The van der Waals surface area contributed by atoms with Gasteiger partial charge in [-0.25, -0.2) is 4.79 Å². The van der Waals surface area contributed by atoms with E-state index in [1.54, 1.807) is 30.3 Å². The van der Waals surface area contributed by atoms with Gasteiger partial charge in [0, 0.05) is 47.3 Å². The van der Waals surface area contributed by atoms with Crippen LogP contribution in [0.2, 0.25) is 0 Å². The number of carboxylic acid groups (broad SMARTS) is 1. The minimum atomic E-state index is -1.07. The quantitative estimate of drug-likeness (QED) is 0.234. The maximum atomic E-state index is 12.1. The third-order valence-corrected chi connectivity index (χ3v) is 6.39. The zero-order valence-corrected chi connectivity index (χ0v) is 20.0. The molecule has 0 amide bonds. The molecule has 1 aliphatic carbocycles. The number of aromatic carboxylic acids is 1. The highest BCUT2D eigenvalue weighted by atomic mass is 16.4. The van der Waals surface area contributed by atoms with Crippen molar-refractivity contribution in [3.8, 4) is 28.2 Å². The molecule has 0 saturated carbocycles. The van der Waals surface area contributed by atoms with Gasteiger partial charge in [0.25, 0.3) is 0 Å². The van der Waals surface area contributed by atoms with Crippen LogP contribution in [-0.4, -0.2) is 40.6 Å². The summed E-state index contributed by atoms with van der Waals surface area (Å²) in [5.74, 6) is -0.757. The minimum absolute atomic E-state index is 0.0141. The number of fused-ring (bicyclic) bond motifs is 2. The summed E-state index contributed by atoms with van der Waals surface area (Å²) in [5.41, 5.74) is 4.16. The van der Waals surface area contributed by atoms with Gasteiger partial charge in [-0.05, 0) is 47.9 Å². The van der Waals surface area contributed by atoms with Crippen LogP contribution in [0.1, 0.15) is 21.5 Å². The van der Waals surface area contributed by atoms with Crippen LogP contribution >= 0.6 is 0 Å². The zero-order chi connectivity index (χ0) is 26.1. The average molecular weight is 492 g/mol. The van der Waals surface area contributed by atoms with E-state index in [1.165, 1.54) is 24.3 Å². The van der Waals surface area contributed by atoms with Gasteiger partial charge in [0.1, 0.15) is 17.1 Å². The standard InChI is InChI=1S/C29H23BNO6/c1-31(15-17-6-2-5-9-24(17)30-36)16-18-12-23-27(14-25(18)33)37-26-13-19(32)10-11-22(26)28(23)20-7-3-4-8-21(20)29(34)35/h2-14,33,36H,15-16H2,1H3,(H,34,35). The summed E-state index contributed by atoms with van der Waals surface area (Å²) < 4.78 is 6.00. The van der Waals surface area contributed by atoms with Crippen LogP contribution in [-0.2, 0) is 13.1 Å². The van der Waals surface area contributed by atoms with Crippen LogP contribution in [0.4, 0.5) is 0 Å².